The van der Waals surface area contributed by atoms with Crippen LogP contribution in [-0.4, -0.2) is 35.5 Å². The number of guanidine groups is 1. The molecule has 2 heterocycles. The summed E-state index contributed by atoms with van der Waals surface area (Å²) < 4.78 is 0. The van der Waals surface area contributed by atoms with Gasteiger partial charge >= 0.3 is 0 Å². The standard InChI is InChI=1S/C16H26N4/c1-4-17-16(20-10-6-7-13(2)12-20)18-11-15-9-5-8-14(3)19-15/h5,8-9,13H,4,6-7,10-12H2,1-3H3,(H,17,18). The third-order valence-electron chi connectivity index (χ3n) is 3.63. The Morgan fingerprint density at radius 1 is 1.50 bits per heavy atom. The average Bonchev–Trinajstić information content (AvgIpc) is 2.43. The van der Waals surface area contributed by atoms with Gasteiger partial charge in [-0.25, -0.2) is 4.99 Å². The van der Waals surface area contributed by atoms with E-state index < -0.39 is 0 Å². The number of hydrogen-bond acceptors (Lipinski definition) is 2. The summed E-state index contributed by atoms with van der Waals surface area (Å²) in [7, 11) is 0. The van der Waals surface area contributed by atoms with E-state index in [0.717, 1.165) is 42.9 Å². The number of rotatable bonds is 3. The van der Waals surface area contributed by atoms with Gasteiger partial charge in [0.05, 0.1) is 12.2 Å². The van der Waals surface area contributed by atoms with E-state index in [1.807, 2.05) is 25.1 Å². The van der Waals surface area contributed by atoms with Crippen LogP contribution < -0.4 is 5.32 Å². The zero-order chi connectivity index (χ0) is 14.4. The molecule has 1 aromatic heterocycles. The molecule has 1 atom stereocenters. The molecule has 1 aliphatic heterocycles. The molecule has 1 saturated heterocycles. The zero-order valence-corrected chi connectivity index (χ0v) is 12.9. The van der Waals surface area contributed by atoms with Gasteiger partial charge in [0.25, 0.3) is 0 Å². The highest BCUT2D eigenvalue weighted by Crippen LogP contribution is 2.15. The highest BCUT2D eigenvalue weighted by atomic mass is 15.3. The minimum absolute atomic E-state index is 0.648. The lowest BCUT2D eigenvalue weighted by atomic mass is 10.0. The first-order valence-corrected chi connectivity index (χ1v) is 7.65. The van der Waals surface area contributed by atoms with Gasteiger partial charge in [-0.3, -0.25) is 4.98 Å². The summed E-state index contributed by atoms with van der Waals surface area (Å²) in [6, 6.07) is 6.10. The fourth-order valence-electron chi connectivity index (χ4n) is 2.65. The van der Waals surface area contributed by atoms with Crippen molar-refractivity contribution in [1.29, 1.82) is 0 Å². The molecule has 2 rings (SSSR count). The maximum absolute atomic E-state index is 4.75. The number of aliphatic imine (C=N–C) groups is 1. The zero-order valence-electron chi connectivity index (χ0n) is 12.9. The van der Waals surface area contributed by atoms with E-state index in [4.69, 9.17) is 4.99 Å². The lowest BCUT2D eigenvalue weighted by Gasteiger charge is -2.33. The van der Waals surface area contributed by atoms with Crippen LogP contribution in [-0.2, 0) is 6.54 Å². The van der Waals surface area contributed by atoms with Crippen molar-refractivity contribution in [3.05, 3.63) is 29.6 Å². The average molecular weight is 274 g/mol. The largest absolute Gasteiger partial charge is 0.357 e. The van der Waals surface area contributed by atoms with Gasteiger partial charge in [0.2, 0.25) is 0 Å². The van der Waals surface area contributed by atoms with Crippen LogP contribution in [0.25, 0.3) is 0 Å². The first kappa shape index (κ1) is 14.8. The molecule has 0 radical (unpaired) electrons. The second-order valence-corrected chi connectivity index (χ2v) is 5.63. The van der Waals surface area contributed by atoms with Gasteiger partial charge in [-0.2, -0.15) is 0 Å². The molecule has 20 heavy (non-hydrogen) atoms. The number of piperidine rings is 1. The molecule has 1 fully saturated rings. The van der Waals surface area contributed by atoms with Crippen LogP contribution >= 0.6 is 0 Å². The number of likely N-dealkylation sites (tertiary alicyclic amines) is 1. The van der Waals surface area contributed by atoms with Crippen molar-refractivity contribution in [2.45, 2.75) is 40.2 Å². The highest BCUT2D eigenvalue weighted by molar-refractivity contribution is 5.80. The van der Waals surface area contributed by atoms with Gasteiger partial charge in [-0.05, 0) is 44.7 Å². The van der Waals surface area contributed by atoms with Crippen molar-refractivity contribution < 1.29 is 0 Å². The van der Waals surface area contributed by atoms with Crippen molar-refractivity contribution >= 4 is 5.96 Å². The van der Waals surface area contributed by atoms with Gasteiger partial charge in [0.15, 0.2) is 5.96 Å². The van der Waals surface area contributed by atoms with Gasteiger partial charge in [-0.15, -0.1) is 0 Å². The van der Waals surface area contributed by atoms with E-state index in [9.17, 15) is 0 Å². The predicted molar refractivity (Wildman–Crippen MR) is 83.8 cm³/mol. The molecular formula is C16H26N4. The van der Waals surface area contributed by atoms with Crippen LogP contribution in [0.3, 0.4) is 0 Å². The topological polar surface area (TPSA) is 40.5 Å². The second kappa shape index (κ2) is 7.27. The van der Waals surface area contributed by atoms with Crippen molar-refractivity contribution in [2.75, 3.05) is 19.6 Å². The first-order valence-electron chi connectivity index (χ1n) is 7.65. The molecule has 4 nitrogen and oxygen atoms in total. The predicted octanol–water partition coefficient (Wildman–Crippen LogP) is 2.59. The van der Waals surface area contributed by atoms with E-state index in [2.05, 4.69) is 29.0 Å². The maximum atomic E-state index is 4.75. The Kier molecular flexibility index (Phi) is 5.39. The third kappa shape index (κ3) is 4.22. The van der Waals surface area contributed by atoms with Crippen LogP contribution in [0, 0.1) is 12.8 Å². The molecule has 4 heteroatoms. The minimum Gasteiger partial charge on any atom is -0.357 e. The highest BCUT2D eigenvalue weighted by Gasteiger charge is 2.18. The quantitative estimate of drug-likeness (QED) is 0.680. The van der Waals surface area contributed by atoms with Crippen molar-refractivity contribution in [2.24, 2.45) is 10.9 Å². The number of pyridine rings is 1. The number of nitrogens with zero attached hydrogens (tertiary/aromatic N) is 3. The van der Waals surface area contributed by atoms with E-state index in [1.165, 1.54) is 12.8 Å². The summed E-state index contributed by atoms with van der Waals surface area (Å²) >= 11 is 0. The normalized spacial score (nSPS) is 20.1. The monoisotopic (exact) mass is 274 g/mol. The van der Waals surface area contributed by atoms with Crippen molar-refractivity contribution in [3.8, 4) is 0 Å². The Morgan fingerprint density at radius 3 is 3.05 bits per heavy atom. The Balaban J connectivity index is 2.05. The molecule has 1 unspecified atom stereocenters. The molecule has 0 saturated carbocycles. The van der Waals surface area contributed by atoms with Gasteiger partial charge in [0, 0.05) is 25.3 Å². The van der Waals surface area contributed by atoms with E-state index in [1.54, 1.807) is 0 Å². The van der Waals surface area contributed by atoms with E-state index in [0.29, 0.717) is 6.54 Å². The third-order valence-corrected chi connectivity index (χ3v) is 3.63. The summed E-state index contributed by atoms with van der Waals surface area (Å²) in [5, 5.41) is 3.41. The number of hydrogen-bond donors (Lipinski definition) is 1. The SMILES string of the molecule is CCNC(=NCc1cccc(C)n1)N1CCCC(C)C1. The molecule has 0 aliphatic carbocycles. The van der Waals surface area contributed by atoms with Crippen LogP contribution in [0.5, 0.6) is 0 Å². The van der Waals surface area contributed by atoms with Crippen LogP contribution in [0.4, 0.5) is 0 Å². The summed E-state index contributed by atoms with van der Waals surface area (Å²) in [5.41, 5.74) is 2.08. The fraction of sp³-hybridized carbons (Fsp3) is 0.625. The molecule has 0 aromatic carbocycles. The Morgan fingerprint density at radius 2 is 2.35 bits per heavy atom. The molecule has 1 aromatic rings. The molecule has 0 bridgehead atoms. The van der Waals surface area contributed by atoms with Gasteiger partial charge < -0.3 is 10.2 Å². The van der Waals surface area contributed by atoms with Crippen LogP contribution in [0.1, 0.15) is 38.1 Å². The smallest absolute Gasteiger partial charge is 0.194 e. The Labute approximate surface area is 122 Å². The first-order chi connectivity index (χ1) is 9.69. The lowest BCUT2D eigenvalue weighted by molar-refractivity contribution is 0.266. The number of aryl methyl sites for hydroxylation is 1. The minimum atomic E-state index is 0.648. The molecule has 0 spiro atoms. The van der Waals surface area contributed by atoms with E-state index >= 15 is 0 Å². The summed E-state index contributed by atoms with van der Waals surface area (Å²) in [4.78, 5) is 11.6. The van der Waals surface area contributed by atoms with Crippen LogP contribution in [0.2, 0.25) is 0 Å². The maximum Gasteiger partial charge on any atom is 0.194 e. The van der Waals surface area contributed by atoms with Crippen molar-refractivity contribution in [3.63, 3.8) is 0 Å². The van der Waals surface area contributed by atoms with Gasteiger partial charge in [-0.1, -0.05) is 13.0 Å². The second-order valence-electron chi connectivity index (χ2n) is 5.63. The summed E-state index contributed by atoms with van der Waals surface area (Å²) in [5.74, 6) is 1.78. The fourth-order valence-corrected chi connectivity index (χ4v) is 2.65. The Hall–Kier alpha value is -1.58. The molecule has 1 N–H and O–H groups in total. The van der Waals surface area contributed by atoms with E-state index in [-0.39, 0.29) is 0 Å². The van der Waals surface area contributed by atoms with Gasteiger partial charge in [0.1, 0.15) is 0 Å². The molecule has 1 aliphatic rings. The van der Waals surface area contributed by atoms with Crippen LogP contribution in [0.15, 0.2) is 23.2 Å². The Bertz CT molecular complexity index is 456. The summed E-state index contributed by atoms with van der Waals surface area (Å²) in [6.45, 7) is 10.2. The molecule has 0 amide bonds. The summed E-state index contributed by atoms with van der Waals surface area (Å²) in [6.07, 6.45) is 2.59. The molecular weight excluding hydrogens is 248 g/mol. The van der Waals surface area contributed by atoms with Crippen molar-refractivity contribution in [1.82, 2.24) is 15.2 Å². The lowest BCUT2D eigenvalue weighted by Crippen LogP contribution is -2.46. The number of aromatic nitrogens is 1. The number of nitrogens with one attached hydrogen (secondary N) is 1. The molecule has 110 valence electrons.